The molecule has 82 valence electrons. The molecule has 0 spiro atoms. The van der Waals surface area contributed by atoms with Crippen LogP contribution >= 0.6 is 11.6 Å². The second-order valence-electron chi connectivity index (χ2n) is 2.98. The van der Waals surface area contributed by atoms with Crippen molar-refractivity contribution in [1.82, 2.24) is 9.88 Å². The third kappa shape index (κ3) is 3.33. The number of nitrogens with zero attached hydrogens (tertiary/aromatic N) is 4. The number of carbonyl (C=O) groups excluding carboxylic acids is 1. The number of pyridine rings is 1. The van der Waals surface area contributed by atoms with E-state index in [1.54, 1.807) is 31.4 Å². The summed E-state index contributed by atoms with van der Waals surface area (Å²) in [7, 11) is 0. The van der Waals surface area contributed by atoms with E-state index in [1.165, 1.54) is 4.90 Å². The van der Waals surface area contributed by atoms with E-state index in [1.807, 2.05) is 0 Å². The van der Waals surface area contributed by atoms with Crippen molar-refractivity contribution in [3.05, 3.63) is 29.0 Å². The lowest BCUT2D eigenvalue weighted by Crippen LogP contribution is -2.26. The molecule has 0 fully saturated rings. The van der Waals surface area contributed by atoms with Crippen molar-refractivity contribution in [3.8, 4) is 6.19 Å². The number of aliphatic imine (C=N–C) groups is 1. The van der Waals surface area contributed by atoms with Crippen LogP contribution in [0.1, 0.15) is 12.5 Å². The Hall–Kier alpha value is -1.93. The maximum absolute atomic E-state index is 10.8. The highest BCUT2D eigenvalue weighted by Crippen LogP contribution is 2.07. The lowest BCUT2D eigenvalue weighted by molar-refractivity contribution is -0.115. The van der Waals surface area contributed by atoms with Crippen LogP contribution in [0.25, 0.3) is 0 Å². The standard InChI is InChI=1S/C10H9ClN4O/c1-8(14-6-12)15(7-16)5-9-2-3-10(11)13-4-9/h2-4,7H,5H2,1H3. The molecule has 0 aliphatic heterocycles. The zero-order chi connectivity index (χ0) is 12.0. The molecule has 0 aromatic carbocycles. The first-order valence-electron chi connectivity index (χ1n) is 4.43. The van der Waals surface area contributed by atoms with Crippen molar-refractivity contribution in [1.29, 1.82) is 5.26 Å². The van der Waals surface area contributed by atoms with E-state index >= 15 is 0 Å². The number of nitriles is 1. The molecule has 0 aliphatic carbocycles. The molecule has 0 radical (unpaired) electrons. The summed E-state index contributed by atoms with van der Waals surface area (Å²) >= 11 is 5.63. The smallest absolute Gasteiger partial charge is 0.215 e. The van der Waals surface area contributed by atoms with Gasteiger partial charge in [0.1, 0.15) is 11.0 Å². The predicted octanol–water partition coefficient (Wildman–Crippen LogP) is 1.59. The molecule has 5 nitrogen and oxygen atoms in total. The topological polar surface area (TPSA) is 69.3 Å². The molecule has 0 unspecified atom stereocenters. The van der Waals surface area contributed by atoms with Gasteiger partial charge in [-0.3, -0.25) is 9.69 Å². The Morgan fingerprint density at radius 3 is 3.00 bits per heavy atom. The van der Waals surface area contributed by atoms with Crippen LogP contribution in [0.3, 0.4) is 0 Å². The van der Waals surface area contributed by atoms with E-state index in [9.17, 15) is 4.79 Å². The van der Waals surface area contributed by atoms with Gasteiger partial charge in [-0.1, -0.05) is 17.7 Å². The molecule has 0 saturated heterocycles. The van der Waals surface area contributed by atoms with Gasteiger partial charge in [0.05, 0.1) is 6.54 Å². The Morgan fingerprint density at radius 1 is 1.75 bits per heavy atom. The number of aromatic nitrogens is 1. The van der Waals surface area contributed by atoms with Gasteiger partial charge in [-0.2, -0.15) is 10.3 Å². The Labute approximate surface area is 98.0 Å². The largest absolute Gasteiger partial charge is 0.298 e. The van der Waals surface area contributed by atoms with E-state index in [0.717, 1.165) is 5.56 Å². The third-order valence-corrected chi connectivity index (χ3v) is 2.12. The van der Waals surface area contributed by atoms with Crippen molar-refractivity contribution < 1.29 is 4.79 Å². The predicted molar refractivity (Wildman–Crippen MR) is 59.6 cm³/mol. The first-order valence-corrected chi connectivity index (χ1v) is 4.81. The maximum atomic E-state index is 10.8. The average Bonchev–Trinajstić information content (AvgIpc) is 2.28. The Bertz CT molecular complexity index is 435. The molecule has 1 rings (SSSR count). The molecular weight excluding hydrogens is 228 g/mol. The minimum Gasteiger partial charge on any atom is -0.298 e. The quantitative estimate of drug-likeness (QED) is 0.263. The fourth-order valence-electron chi connectivity index (χ4n) is 1.06. The van der Waals surface area contributed by atoms with Crippen LogP contribution in [-0.4, -0.2) is 22.1 Å². The molecule has 0 atom stereocenters. The fraction of sp³-hybridized carbons (Fsp3) is 0.200. The molecule has 0 saturated carbocycles. The monoisotopic (exact) mass is 236 g/mol. The van der Waals surface area contributed by atoms with Gasteiger partial charge in [0.15, 0.2) is 0 Å². The van der Waals surface area contributed by atoms with Crippen LogP contribution in [0.4, 0.5) is 0 Å². The molecule has 6 heteroatoms. The lowest BCUT2D eigenvalue weighted by Gasteiger charge is -2.15. The number of carbonyl (C=O) groups is 1. The average molecular weight is 237 g/mol. The Morgan fingerprint density at radius 2 is 2.50 bits per heavy atom. The van der Waals surface area contributed by atoms with Gasteiger partial charge in [0.2, 0.25) is 12.6 Å². The highest BCUT2D eigenvalue weighted by molar-refractivity contribution is 6.29. The molecule has 1 amide bonds. The van der Waals surface area contributed by atoms with Gasteiger partial charge in [0, 0.05) is 6.20 Å². The van der Waals surface area contributed by atoms with Crippen LogP contribution in [-0.2, 0) is 11.3 Å². The summed E-state index contributed by atoms with van der Waals surface area (Å²) in [5.74, 6) is 0.340. The van der Waals surface area contributed by atoms with E-state index in [-0.39, 0.29) is 0 Å². The molecule has 16 heavy (non-hydrogen) atoms. The zero-order valence-corrected chi connectivity index (χ0v) is 9.35. The number of amides is 1. The fourth-order valence-corrected chi connectivity index (χ4v) is 1.17. The summed E-state index contributed by atoms with van der Waals surface area (Å²) in [6.07, 6.45) is 3.81. The molecule has 0 aliphatic rings. The van der Waals surface area contributed by atoms with Crippen molar-refractivity contribution in [2.45, 2.75) is 13.5 Å². The summed E-state index contributed by atoms with van der Waals surface area (Å²) in [5, 5.41) is 8.77. The van der Waals surface area contributed by atoms with E-state index in [4.69, 9.17) is 16.9 Å². The highest BCUT2D eigenvalue weighted by atomic mass is 35.5. The Kier molecular flexibility index (Phi) is 4.42. The molecule has 0 N–H and O–H groups in total. The summed E-state index contributed by atoms with van der Waals surface area (Å²) in [6.45, 7) is 1.89. The van der Waals surface area contributed by atoms with Gasteiger partial charge in [-0.25, -0.2) is 4.98 Å². The summed E-state index contributed by atoms with van der Waals surface area (Å²) in [4.78, 5) is 19.5. The van der Waals surface area contributed by atoms with Crippen molar-refractivity contribution in [2.75, 3.05) is 0 Å². The number of rotatable bonds is 3. The lowest BCUT2D eigenvalue weighted by atomic mass is 10.2. The van der Waals surface area contributed by atoms with Crippen LogP contribution in [0.15, 0.2) is 23.3 Å². The van der Waals surface area contributed by atoms with Crippen LogP contribution < -0.4 is 0 Å². The number of amidine groups is 1. The molecular formula is C10H9ClN4O. The zero-order valence-electron chi connectivity index (χ0n) is 8.59. The summed E-state index contributed by atoms with van der Waals surface area (Å²) < 4.78 is 0. The van der Waals surface area contributed by atoms with Gasteiger partial charge in [-0.15, -0.1) is 0 Å². The highest BCUT2D eigenvalue weighted by Gasteiger charge is 2.06. The molecule has 1 heterocycles. The SMILES string of the molecule is CC(=NC#N)N(C=O)Cc1ccc(Cl)nc1. The summed E-state index contributed by atoms with van der Waals surface area (Å²) in [5.41, 5.74) is 0.809. The van der Waals surface area contributed by atoms with Crippen molar-refractivity contribution in [3.63, 3.8) is 0 Å². The maximum Gasteiger partial charge on any atom is 0.215 e. The normalized spacial score (nSPS) is 10.7. The first-order chi connectivity index (χ1) is 7.67. The van der Waals surface area contributed by atoms with Gasteiger partial charge in [-0.05, 0) is 18.6 Å². The Balaban J connectivity index is 2.79. The van der Waals surface area contributed by atoms with Crippen LogP contribution in [0.5, 0.6) is 0 Å². The van der Waals surface area contributed by atoms with Crippen LogP contribution in [0, 0.1) is 11.5 Å². The number of halogens is 1. The van der Waals surface area contributed by atoms with Gasteiger partial charge >= 0.3 is 0 Å². The minimum absolute atomic E-state index is 0.310. The molecule has 0 bridgehead atoms. The minimum atomic E-state index is 0.310. The van der Waals surface area contributed by atoms with Crippen molar-refractivity contribution in [2.24, 2.45) is 4.99 Å². The summed E-state index contributed by atoms with van der Waals surface area (Å²) in [6, 6.07) is 3.39. The van der Waals surface area contributed by atoms with E-state index in [0.29, 0.717) is 23.9 Å². The number of hydrogen-bond acceptors (Lipinski definition) is 4. The van der Waals surface area contributed by atoms with E-state index < -0.39 is 0 Å². The van der Waals surface area contributed by atoms with Gasteiger partial charge < -0.3 is 0 Å². The molecule has 1 aromatic rings. The third-order valence-electron chi connectivity index (χ3n) is 1.90. The number of hydrogen-bond donors (Lipinski definition) is 0. The van der Waals surface area contributed by atoms with Gasteiger partial charge in [0.25, 0.3) is 0 Å². The van der Waals surface area contributed by atoms with Crippen molar-refractivity contribution >= 4 is 23.8 Å². The van der Waals surface area contributed by atoms with E-state index in [2.05, 4.69) is 9.98 Å². The second kappa shape index (κ2) is 5.83. The van der Waals surface area contributed by atoms with Crippen LogP contribution in [0.2, 0.25) is 5.15 Å². The first kappa shape index (κ1) is 12.1. The second-order valence-corrected chi connectivity index (χ2v) is 3.37. The molecule has 1 aromatic heterocycles.